The quantitative estimate of drug-likeness (QED) is 0.539. The molecule has 0 saturated carbocycles. The summed E-state index contributed by atoms with van der Waals surface area (Å²) >= 11 is 0. The topological polar surface area (TPSA) is 51.9 Å². The van der Waals surface area contributed by atoms with Gasteiger partial charge in [-0.25, -0.2) is 0 Å². The number of nitrogens with zero attached hydrogens (tertiary/aromatic N) is 1. The highest BCUT2D eigenvalue weighted by Crippen LogP contribution is 2.41. The van der Waals surface area contributed by atoms with Gasteiger partial charge in [0.05, 0.1) is 26.6 Å². The predicted molar refractivity (Wildman–Crippen MR) is 123 cm³/mol. The second kappa shape index (κ2) is 8.60. The minimum absolute atomic E-state index is 0.00222. The lowest BCUT2D eigenvalue weighted by Gasteiger charge is -2.26. The monoisotopic (exact) mass is 419 g/mol. The third-order valence-electron chi connectivity index (χ3n) is 6.01. The number of morpholine rings is 1. The van der Waals surface area contributed by atoms with Crippen LogP contribution in [0.25, 0.3) is 27.7 Å². The Morgan fingerprint density at radius 1 is 1.10 bits per heavy atom. The van der Waals surface area contributed by atoms with Gasteiger partial charge in [0, 0.05) is 41.2 Å². The van der Waals surface area contributed by atoms with Crippen molar-refractivity contribution in [3.63, 3.8) is 0 Å². The lowest BCUT2D eigenvalue weighted by Crippen LogP contribution is -2.39. The van der Waals surface area contributed by atoms with Gasteiger partial charge in [-0.05, 0) is 50.5 Å². The van der Waals surface area contributed by atoms with Gasteiger partial charge in [0.15, 0.2) is 0 Å². The summed E-state index contributed by atoms with van der Waals surface area (Å²) in [6, 6.07) is 8.51. The van der Waals surface area contributed by atoms with Crippen molar-refractivity contribution in [2.24, 2.45) is 0 Å². The van der Waals surface area contributed by atoms with E-state index in [1.54, 1.807) is 13.2 Å². The normalized spacial score (nSPS) is 14.9. The van der Waals surface area contributed by atoms with Gasteiger partial charge < -0.3 is 18.8 Å². The number of hydrogen-bond acceptors (Lipinski definition) is 4. The maximum atomic E-state index is 12.8. The number of hydrogen-bond donors (Lipinski definition) is 0. The highest BCUT2D eigenvalue weighted by molar-refractivity contribution is 6.02. The lowest BCUT2D eigenvalue weighted by atomic mass is 9.94. The lowest BCUT2D eigenvalue weighted by molar-refractivity contribution is -0.129. The number of fused-ring (bicyclic) bond motifs is 1. The summed E-state index contributed by atoms with van der Waals surface area (Å²) in [5.74, 6) is 0.736. The Morgan fingerprint density at radius 3 is 2.52 bits per heavy atom. The number of methoxy groups -OCH3 is 1. The van der Waals surface area contributed by atoms with Crippen LogP contribution in [0.3, 0.4) is 0 Å². The molecule has 5 heteroatoms. The van der Waals surface area contributed by atoms with Crippen LogP contribution >= 0.6 is 0 Å². The summed E-state index contributed by atoms with van der Waals surface area (Å²) in [4.78, 5) is 14.6. The van der Waals surface area contributed by atoms with Gasteiger partial charge in [-0.2, -0.15) is 0 Å². The molecule has 5 nitrogen and oxygen atoms in total. The fourth-order valence-electron chi connectivity index (χ4n) is 4.33. The van der Waals surface area contributed by atoms with E-state index in [-0.39, 0.29) is 5.91 Å². The molecule has 0 unspecified atom stereocenters. The smallest absolute Gasteiger partial charge is 0.247 e. The zero-order valence-corrected chi connectivity index (χ0v) is 18.9. The summed E-state index contributed by atoms with van der Waals surface area (Å²) in [7, 11) is 1.66. The first-order valence-electron chi connectivity index (χ1n) is 10.6. The van der Waals surface area contributed by atoms with Gasteiger partial charge in [-0.1, -0.05) is 23.8 Å². The molecule has 1 aliphatic heterocycles. The maximum absolute atomic E-state index is 12.8. The third-order valence-corrected chi connectivity index (χ3v) is 6.01. The summed E-state index contributed by atoms with van der Waals surface area (Å²) in [6.45, 7) is 10.6. The Balaban J connectivity index is 1.83. The molecule has 1 amide bonds. The largest absolute Gasteiger partial charge is 0.496 e. The first-order chi connectivity index (χ1) is 14.9. The molecule has 4 rings (SSSR count). The van der Waals surface area contributed by atoms with E-state index in [2.05, 4.69) is 38.1 Å². The van der Waals surface area contributed by atoms with Crippen LogP contribution in [0.1, 0.15) is 29.2 Å². The van der Waals surface area contributed by atoms with Crippen molar-refractivity contribution in [3.8, 4) is 16.9 Å². The van der Waals surface area contributed by atoms with Crippen molar-refractivity contribution in [1.82, 2.24) is 4.90 Å². The molecule has 0 spiro atoms. The molecule has 0 atom stereocenters. The van der Waals surface area contributed by atoms with Crippen LogP contribution in [-0.2, 0) is 9.53 Å². The molecule has 2 aromatic carbocycles. The number of furan rings is 1. The zero-order valence-electron chi connectivity index (χ0n) is 18.9. The van der Waals surface area contributed by atoms with Gasteiger partial charge in [0.25, 0.3) is 0 Å². The molecule has 1 aliphatic rings. The molecular formula is C26H29NO4. The fraction of sp³-hybridized carbons (Fsp3) is 0.346. The van der Waals surface area contributed by atoms with Crippen LogP contribution in [0.2, 0.25) is 0 Å². The van der Waals surface area contributed by atoms with Gasteiger partial charge >= 0.3 is 0 Å². The molecule has 1 aromatic heterocycles. The number of rotatable bonds is 4. The Hall–Kier alpha value is -3.05. The number of aryl methyl sites for hydroxylation is 3. The molecule has 0 N–H and O–H groups in total. The molecule has 1 saturated heterocycles. The van der Waals surface area contributed by atoms with E-state index in [4.69, 9.17) is 13.9 Å². The Bertz CT molecular complexity index is 1170. The molecule has 3 aromatic rings. The summed E-state index contributed by atoms with van der Waals surface area (Å²) in [5, 5.41) is 1.02. The molecule has 31 heavy (non-hydrogen) atoms. The average Bonchev–Trinajstić information content (AvgIpc) is 3.18. The molecule has 162 valence electrons. The van der Waals surface area contributed by atoms with Crippen molar-refractivity contribution in [1.29, 1.82) is 0 Å². The van der Waals surface area contributed by atoms with E-state index < -0.39 is 0 Å². The molecule has 1 fully saturated rings. The van der Waals surface area contributed by atoms with Crippen LogP contribution in [-0.4, -0.2) is 44.2 Å². The van der Waals surface area contributed by atoms with Crippen LogP contribution in [0.5, 0.6) is 5.75 Å². The van der Waals surface area contributed by atoms with Crippen LogP contribution in [0.15, 0.2) is 41.0 Å². The fourth-order valence-corrected chi connectivity index (χ4v) is 4.33. The third kappa shape index (κ3) is 3.98. The molecule has 0 aliphatic carbocycles. The highest BCUT2D eigenvalue weighted by atomic mass is 16.5. The van der Waals surface area contributed by atoms with Crippen molar-refractivity contribution < 1.29 is 18.7 Å². The Morgan fingerprint density at radius 2 is 1.84 bits per heavy atom. The van der Waals surface area contributed by atoms with Crippen molar-refractivity contribution in [2.45, 2.75) is 27.7 Å². The van der Waals surface area contributed by atoms with E-state index in [0.29, 0.717) is 26.3 Å². The minimum Gasteiger partial charge on any atom is -0.496 e. The SMILES string of the molecule is COc1c(/C(C)=C/C(=O)N2CCOCC2)cc2c(-c3ccc(C)cc3C)coc2c1C. The first kappa shape index (κ1) is 21.2. The minimum atomic E-state index is 0.00222. The van der Waals surface area contributed by atoms with Crippen LogP contribution in [0, 0.1) is 20.8 Å². The summed E-state index contributed by atoms with van der Waals surface area (Å²) < 4.78 is 17.1. The highest BCUT2D eigenvalue weighted by Gasteiger charge is 2.21. The number of benzene rings is 2. The Kier molecular flexibility index (Phi) is 5.88. The van der Waals surface area contributed by atoms with Gasteiger partial charge in [0.2, 0.25) is 5.91 Å². The summed E-state index contributed by atoms with van der Waals surface area (Å²) in [6.07, 6.45) is 3.52. The molecule has 0 bridgehead atoms. The zero-order chi connectivity index (χ0) is 22.1. The first-order valence-corrected chi connectivity index (χ1v) is 10.6. The Labute approximate surface area is 183 Å². The van der Waals surface area contributed by atoms with Gasteiger partial charge in [0.1, 0.15) is 11.3 Å². The standard InChI is InChI=1S/C26H29NO4/c1-16-6-7-20(17(2)12-16)23-15-31-26-19(4)25(29-5)21(14-22(23)26)18(3)13-24(28)27-8-10-30-11-9-27/h6-7,12-15H,8-11H2,1-5H3/b18-13+. The number of ether oxygens (including phenoxy) is 2. The van der Waals surface area contributed by atoms with Crippen LogP contribution in [0.4, 0.5) is 0 Å². The average molecular weight is 420 g/mol. The predicted octanol–water partition coefficient (Wildman–Crippen LogP) is 5.30. The van der Waals surface area contributed by atoms with E-state index in [9.17, 15) is 4.79 Å². The van der Waals surface area contributed by atoms with Crippen molar-refractivity contribution in [3.05, 3.63) is 58.9 Å². The molecular weight excluding hydrogens is 390 g/mol. The molecule has 2 heterocycles. The maximum Gasteiger partial charge on any atom is 0.247 e. The second-order valence-corrected chi connectivity index (χ2v) is 8.19. The van der Waals surface area contributed by atoms with Gasteiger partial charge in [-0.15, -0.1) is 0 Å². The van der Waals surface area contributed by atoms with Crippen molar-refractivity contribution >= 4 is 22.4 Å². The number of allylic oxidation sites excluding steroid dienone is 1. The summed E-state index contributed by atoms with van der Waals surface area (Å²) in [5.41, 5.74) is 8.13. The number of amides is 1. The number of carbonyl (C=O) groups is 1. The number of carbonyl (C=O) groups excluding carboxylic acids is 1. The van der Waals surface area contributed by atoms with Gasteiger partial charge in [-0.3, -0.25) is 4.79 Å². The van der Waals surface area contributed by atoms with E-state index in [0.717, 1.165) is 44.5 Å². The van der Waals surface area contributed by atoms with Crippen molar-refractivity contribution in [2.75, 3.05) is 33.4 Å². The second-order valence-electron chi connectivity index (χ2n) is 8.19. The van der Waals surface area contributed by atoms with E-state index in [1.165, 1.54) is 11.1 Å². The van der Waals surface area contributed by atoms with E-state index >= 15 is 0 Å². The van der Waals surface area contributed by atoms with E-state index in [1.807, 2.05) is 25.0 Å². The molecule has 0 radical (unpaired) electrons. The van der Waals surface area contributed by atoms with Crippen LogP contribution < -0.4 is 4.74 Å².